The summed E-state index contributed by atoms with van der Waals surface area (Å²) in [5.74, 6) is -0.437. The maximum absolute atomic E-state index is 15.3. The number of ether oxygens (including phenoxy) is 1. The molecule has 0 bridgehead atoms. The lowest BCUT2D eigenvalue weighted by Gasteiger charge is -2.31. The van der Waals surface area contributed by atoms with E-state index in [2.05, 4.69) is 47.2 Å². The summed E-state index contributed by atoms with van der Waals surface area (Å²) in [5.41, 5.74) is 2.26. The first-order valence-electron chi connectivity index (χ1n) is 11.6. The van der Waals surface area contributed by atoms with Crippen molar-refractivity contribution in [2.75, 3.05) is 7.11 Å². The third kappa shape index (κ3) is 4.09. The zero-order valence-corrected chi connectivity index (χ0v) is 20.1. The molecule has 1 unspecified atom stereocenters. The van der Waals surface area contributed by atoms with Crippen molar-refractivity contribution < 1.29 is 14.1 Å². The van der Waals surface area contributed by atoms with Crippen LogP contribution in [0.2, 0.25) is 0 Å². The normalized spacial score (nSPS) is 26.0. The van der Waals surface area contributed by atoms with Gasteiger partial charge in [-0.15, -0.1) is 0 Å². The number of nitrogens with zero attached hydrogens (tertiary/aromatic N) is 1. The van der Waals surface area contributed by atoms with Gasteiger partial charge in [0.05, 0.1) is 19.6 Å². The molecule has 0 N–H and O–H groups in total. The Hall–Kier alpha value is -3.20. The first-order valence-corrected chi connectivity index (χ1v) is 13.3. The summed E-state index contributed by atoms with van der Waals surface area (Å²) >= 11 is 0. The van der Waals surface area contributed by atoms with Crippen LogP contribution < -0.4 is 5.30 Å². The van der Waals surface area contributed by atoms with E-state index in [1.165, 1.54) is 7.11 Å². The van der Waals surface area contributed by atoms with Crippen molar-refractivity contribution in [1.82, 2.24) is 4.67 Å². The minimum Gasteiger partial charge on any atom is -0.469 e. The molecule has 5 rings (SSSR count). The van der Waals surface area contributed by atoms with Crippen molar-refractivity contribution >= 4 is 18.6 Å². The molecule has 2 aliphatic rings. The molecule has 1 aliphatic carbocycles. The van der Waals surface area contributed by atoms with Gasteiger partial charge >= 0.3 is 5.97 Å². The molecule has 3 aromatic carbocycles. The molecule has 0 radical (unpaired) electrons. The Balaban J connectivity index is 1.68. The summed E-state index contributed by atoms with van der Waals surface area (Å²) in [7, 11) is -1.74. The summed E-state index contributed by atoms with van der Waals surface area (Å²) in [5, 5.41) is 1.74. The molecule has 0 spiro atoms. The maximum Gasteiger partial charge on any atom is 0.306 e. The van der Waals surface area contributed by atoms with E-state index < -0.39 is 7.29 Å². The number of hydrogen-bond donors (Lipinski definition) is 0. The number of fused-ring (bicyclic) bond motifs is 1. The maximum atomic E-state index is 15.3. The van der Waals surface area contributed by atoms with E-state index >= 15 is 4.57 Å². The lowest BCUT2D eigenvalue weighted by molar-refractivity contribution is -0.141. The average Bonchev–Trinajstić information content (AvgIpc) is 3.14. The summed E-state index contributed by atoms with van der Waals surface area (Å²) in [6.07, 6.45) is 6.53. The summed E-state index contributed by atoms with van der Waals surface area (Å²) in [6.45, 7) is 0.565. The number of methoxy groups -OCH3 is 1. The molecule has 1 aliphatic heterocycles. The second-order valence-electron chi connectivity index (χ2n) is 8.80. The van der Waals surface area contributed by atoms with Gasteiger partial charge in [0, 0.05) is 29.0 Å². The van der Waals surface area contributed by atoms with Gasteiger partial charge in [0.2, 0.25) is 7.29 Å². The van der Waals surface area contributed by atoms with Gasteiger partial charge in [0.25, 0.3) is 0 Å². The van der Waals surface area contributed by atoms with Gasteiger partial charge in [-0.05, 0) is 23.3 Å². The molecule has 0 aromatic heterocycles. The quantitative estimate of drug-likeness (QED) is 0.249. The van der Waals surface area contributed by atoms with Crippen LogP contribution in [0.15, 0.2) is 115 Å². The highest BCUT2D eigenvalue weighted by atomic mass is 31.2. The molecule has 4 atom stereocenters. The Morgan fingerprint density at radius 2 is 1.50 bits per heavy atom. The second-order valence-corrected chi connectivity index (χ2v) is 11.5. The van der Waals surface area contributed by atoms with E-state index in [1.54, 1.807) is 0 Å². The minimum atomic E-state index is -3.15. The number of hydrogen-bond acceptors (Lipinski definition) is 3. The number of benzene rings is 3. The second kappa shape index (κ2) is 9.58. The smallest absolute Gasteiger partial charge is 0.306 e. The Labute approximate surface area is 201 Å². The highest BCUT2D eigenvalue weighted by molar-refractivity contribution is 7.73. The van der Waals surface area contributed by atoms with Gasteiger partial charge in [0.15, 0.2) is 0 Å². The first-order chi connectivity index (χ1) is 16.6. The molecule has 5 heteroatoms. The number of esters is 1. The van der Waals surface area contributed by atoms with Gasteiger partial charge in [0.1, 0.15) is 0 Å². The molecular formula is C29H28NO3P. The fourth-order valence-corrected chi connectivity index (χ4v) is 8.64. The van der Waals surface area contributed by atoms with Gasteiger partial charge in [-0.1, -0.05) is 97.1 Å². The van der Waals surface area contributed by atoms with E-state index in [0.717, 1.165) is 21.7 Å². The SMILES string of the molecule is COC(=O)C[C@@H]1C=C[C@H]2C(=C1)P(=O)(c1ccccc1)N(Cc1ccccc1)[C@@H]2c1ccccc1. The summed E-state index contributed by atoms with van der Waals surface area (Å²) in [4.78, 5) is 12.0. The molecule has 4 nitrogen and oxygen atoms in total. The molecule has 1 fully saturated rings. The lowest BCUT2D eigenvalue weighted by atomic mass is 9.86. The van der Waals surface area contributed by atoms with Gasteiger partial charge in [-0.3, -0.25) is 9.36 Å². The van der Waals surface area contributed by atoms with E-state index in [-0.39, 0.29) is 30.3 Å². The minimum absolute atomic E-state index is 0.0361. The molecule has 3 aromatic rings. The van der Waals surface area contributed by atoms with Crippen molar-refractivity contribution in [2.24, 2.45) is 11.8 Å². The van der Waals surface area contributed by atoms with Crippen molar-refractivity contribution in [3.8, 4) is 0 Å². The number of carbonyl (C=O) groups excluding carboxylic acids is 1. The monoisotopic (exact) mass is 469 g/mol. The van der Waals surface area contributed by atoms with E-state index in [0.29, 0.717) is 6.54 Å². The zero-order valence-electron chi connectivity index (χ0n) is 19.2. The Kier molecular flexibility index (Phi) is 6.36. The van der Waals surface area contributed by atoms with Crippen molar-refractivity contribution in [1.29, 1.82) is 0 Å². The van der Waals surface area contributed by atoms with Gasteiger partial charge in [-0.2, -0.15) is 0 Å². The number of carbonyl (C=O) groups is 1. The van der Waals surface area contributed by atoms with Crippen LogP contribution in [0, 0.1) is 11.8 Å². The van der Waals surface area contributed by atoms with Crippen LogP contribution in [0.25, 0.3) is 0 Å². The predicted octanol–water partition coefficient (Wildman–Crippen LogP) is 6.10. The summed E-state index contributed by atoms with van der Waals surface area (Å²) < 4.78 is 22.4. The van der Waals surface area contributed by atoms with Gasteiger partial charge in [-0.25, -0.2) is 4.67 Å². The van der Waals surface area contributed by atoms with E-state index in [9.17, 15) is 4.79 Å². The summed E-state index contributed by atoms with van der Waals surface area (Å²) in [6, 6.07) is 30.3. The van der Waals surface area contributed by atoms with Crippen LogP contribution in [-0.4, -0.2) is 17.7 Å². The van der Waals surface area contributed by atoms with Crippen LogP contribution in [0.3, 0.4) is 0 Å². The van der Waals surface area contributed by atoms with Crippen LogP contribution >= 0.6 is 7.29 Å². The lowest BCUT2D eigenvalue weighted by Crippen LogP contribution is -2.25. The third-order valence-corrected chi connectivity index (χ3v) is 9.99. The van der Waals surface area contributed by atoms with Crippen molar-refractivity contribution in [3.05, 3.63) is 126 Å². The van der Waals surface area contributed by atoms with Crippen molar-refractivity contribution in [2.45, 2.75) is 19.0 Å². The van der Waals surface area contributed by atoms with Gasteiger partial charge < -0.3 is 4.74 Å². The molecule has 1 heterocycles. The highest BCUT2D eigenvalue weighted by Crippen LogP contribution is 2.71. The topological polar surface area (TPSA) is 46.6 Å². The molecule has 172 valence electrons. The Morgan fingerprint density at radius 1 is 0.882 bits per heavy atom. The first kappa shape index (κ1) is 22.6. The highest BCUT2D eigenvalue weighted by Gasteiger charge is 2.53. The molecule has 1 saturated heterocycles. The average molecular weight is 470 g/mol. The molecular weight excluding hydrogens is 441 g/mol. The zero-order chi connectivity index (χ0) is 23.5. The predicted molar refractivity (Wildman–Crippen MR) is 136 cm³/mol. The van der Waals surface area contributed by atoms with Crippen LogP contribution in [0.4, 0.5) is 0 Å². The Bertz CT molecular complexity index is 1250. The Morgan fingerprint density at radius 3 is 2.15 bits per heavy atom. The van der Waals surface area contributed by atoms with Crippen LogP contribution in [-0.2, 0) is 20.6 Å². The fourth-order valence-electron chi connectivity index (χ4n) is 5.15. The molecule has 0 amide bonds. The third-order valence-electron chi connectivity index (χ3n) is 6.73. The number of allylic oxidation sites excluding steroid dienone is 2. The van der Waals surface area contributed by atoms with E-state index in [4.69, 9.17) is 4.74 Å². The van der Waals surface area contributed by atoms with E-state index in [1.807, 2.05) is 66.7 Å². The number of rotatable bonds is 6. The molecule has 34 heavy (non-hydrogen) atoms. The standard InChI is InChI=1S/C29H28NO3P/c1-33-28(31)20-23-17-18-26-27(19-23)34(32,25-15-9-4-10-16-25)30(21-22-11-5-2-6-12-22)29(26)24-13-7-3-8-14-24/h2-19,23,26,29H,20-21H2,1H3/t23-,26+,29-,34?/m1/s1. The van der Waals surface area contributed by atoms with Crippen molar-refractivity contribution in [3.63, 3.8) is 0 Å². The molecule has 0 saturated carbocycles. The fraction of sp³-hybridized carbons (Fsp3) is 0.207. The largest absolute Gasteiger partial charge is 0.469 e. The van der Waals surface area contributed by atoms with Crippen LogP contribution in [0.1, 0.15) is 23.6 Å². The van der Waals surface area contributed by atoms with Crippen LogP contribution in [0.5, 0.6) is 0 Å².